The van der Waals surface area contributed by atoms with E-state index in [4.69, 9.17) is 4.74 Å². The Labute approximate surface area is 170 Å². The van der Waals surface area contributed by atoms with Crippen LogP contribution >= 0.6 is 11.3 Å². The van der Waals surface area contributed by atoms with Crippen LogP contribution in [0.15, 0.2) is 36.5 Å². The summed E-state index contributed by atoms with van der Waals surface area (Å²) in [5.74, 6) is 0.0312. The molecule has 5 nitrogen and oxygen atoms in total. The highest BCUT2D eigenvalue weighted by atomic mass is 32.1. The lowest BCUT2D eigenvalue weighted by molar-refractivity contribution is 0.104. The number of aromatic nitrogens is 1. The molecule has 0 N–H and O–H groups in total. The van der Waals surface area contributed by atoms with E-state index in [0.29, 0.717) is 0 Å². The van der Waals surface area contributed by atoms with Gasteiger partial charge >= 0.3 is 0 Å². The molecule has 2 fully saturated rings. The number of nitrogens with zero attached hydrogens (tertiary/aromatic N) is 3. The van der Waals surface area contributed by atoms with Crippen molar-refractivity contribution in [1.29, 1.82) is 0 Å². The van der Waals surface area contributed by atoms with E-state index >= 15 is 0 Å². The number of anilines is 2. The molecule has 0 amide bonds. The van der Waals surface area contributed by atoms with Crippen LogP contribution < -0.4 is 9.80 Å². The Hall–Kier alpha value is -2.18. The van der Waals surface area contributed by atoms with Gasteiger partial charge in [0, 0.05) is 48.5 Å². The van der Waals surface area contributed by atoms with Crippen molar-refractivity contribution < 1.29 is 9.53 Å². The van der Waals surface area contributed by atoms with Crippen LogP contribution in [-0.2, 0) is 4.74 Å². The van der Waals surface area contributed by atoms with Crippen molar-refractivity contribution in [3.63, 3.8) is 0 Å². The fourth-order valence-electron chi connectivity index (χ4n) is 3.67. The van der Waals surface area contributed by atoms with Gasteiger partial charge in [0.1, 0.15) is 0 Å². The zero-order valence-electron chi connectivity index (χ0n) is 16.2. The SMILES string of the molecule is O=C(/C=C/c1cnc(N2CCOCC2)s1)c1ccc(N2CCCCCC2)cc1. The van der Waals surface area contributed by atoms with Crippen molar-refractivity contribution in [1.82, 2.24) is 4.98 Å². The van der Waals surface area contributed by atoms with E-state index in [0.717, 1.165) is 55.0 Å². The van der Waals surface area contributed by atoms with Crippen molar-refractivity contribution in [2.45, 2.75) is 25.7 Å². The largest absolute Gasteiger partial charge is 0.378 e. The predicted molar refractivity (Wildman–Crippen MR) is 116 cm³/mol. The van der Waals surface area contributed by atoms with Crippen LogP contribution in [0.4, 0.5) is 10.8 Å². The Morgan fingerprint density at radius 1 is 0.964 bits per heavy atom. The van der Waals surface area contributed by atoms with E-state index in [2.05, 4.69) is 26.9 Å². The van der Waals surface area contributed by atoms with Gasteiger partial charge in [-0.15, -0.1) is 0 Å². The van der Waals surface area contributed by atoms with E-state index in [1.807, 2.05) is 24.4 Å². The standard InChI is InChI=1S/C22H27N3O2S/c26-21(10-9-20-17-23-22(28-20)25-13-15-27-16-14-25)18-5-7-19(8-6-18)24-11-3-1-2-4-12-24/h5-10,17H,1-4,11-16H2/b10-9+. The van der Waals surface area contributed by atoms with Gasteiger partial charge in [-0.05, 0) is 49.3 Å². The first-order valence-corrected chi connectivity index (χ1v) is 11.0. The summed E-state index contributed by atoms with van der Waals surface area (Å²) in [6.45, 7) is 5.47. The second-order valence-electron chi connectivity index (χ2n) is 7.29. The summed E-state index contributed by atoms with van der Waals surface area (Å²) in [5.41, 5.74) is 1.95. The minimum Gasteiger partial charge on any atom is -0.378 e. The molecule has 0 unspecified atom stereocenters. The molecule has 4 rings (SSSR count). The number of morpholine rings is 1. The van der Waals surface area contributed by atoms with Gasteiger partial charge in [0.25, 0.3) is 0 Å². The zero-order valence-corrected chi connectivity index (χ0v) is 17.0. The molecule has 2 saturated heterocycles. The number of hydrogen-bond acceptors (Lipinski definition) is 6. The van der Waals surface area contributed by atoms with E-state index in [1.54, 1.807) is 17.4 Å². The van der Waals surface area contributed by atoms with Crippen LogP contribution in [-0.4, -0.2) is 50.2 Å². The molecule has 0 spiro atoms. The van der Waals surface area contributed by atoms with E-state index in [1.165, 1.54) is 31.4 Å². The third kappa shape index (κ3) is 4.80. The minimum absolute atomic E-state index is 0.0312. The molecule has 6 heteroatoms. The lowest BCUT2D eigenvalue weighted by atomic mass is 10.1. The number of carbonyl (C=O) groups excluding carboxylic acids is 1. The maximum absolute atomic E-state index is 12.5. The number of ketones is 1. The van der Waals surface area contributed by atoms with Crippen molar-refractivity contribution in [2.75, 3.05) is 49.2 Å². The summed E-state index contributed by atoms with van der Waals surface area (Å²) in [6.07, 6.45) is 10.5. The monoisotopic (exact) mass is 397 g/mol. The average molecular weight is 398 g/mol. The molecule has 28 heavy (non-hydrogen) atoms. The lowest BCUT2D eigenvalue weighted by Gasteiger charge is -2.25. The van der Waals surface area contributed by atoms with Gasteiger partial charge in [-0.3, -0.25) is 4.79 Å². The van der Waals surface area contributed by atoms with E-state index in [-0.39, 0.29) is 5.78 Å². The highest BCUT2D eigenvalue weighted by Gasteiger charge is 2.14. The molecule has 2 aliphatic heterocycles. The number of carbonyl (C=O) groups is 1. The number of thiazole rings is 1. The zero-order chi connectivity index (χ0) is 19.2. The summed E-state index contributed by atoms with van der Waals surface area (Å²) in [6, 6.07) is 8.04. The van der Waals surface area contributed by atoms with Gasteiger partial charge in [-0.25, -0.2) is 4.98 Å². The first-order chi connectivity index (χ1) is 13.8. The van der Waals surface area contributed by atoms with Crippen LogP contribution in [0.2, 0.25) is 0 Å². The van der Waals surface area contributed by atoms with Gasteiger partial charge < -0.3 is 14.5 Å². The lowest BCUT2D eigenvalue weighted by Crippen LogP contribution is -2.36. The maximum Gasteiger partial charge on any atom is 0.185 e. The number of benzene rings is 1. The van der Waals surface area contributed by atoms with Crippen LogP contribution in [0.1, 0.15) is 40.9 Å². The van der Waals surface area contributed by atoms with Crippen molar-refractivity contribution in [3.8, 4) is 0 Å². The molecule has 0 saturated carbocycles. The Balaban J connectivity index is 1.37. The summed E-state index contributed by atoms with van der Waals surface area (Å²) >= 11 is 1.61. The first-order valence-electron chi connectivity index (χ1n) is 10.2. The van der Waals surface area contributed by atoms with Crippen LogP contribution in [0.5, 0.6) is 0 Å². The third-order valence-corrected chi connectivity index (χ3v) is 6.34. The van der Waals surface area contributed by atoms with E-state index in [9.17, 15) is 4.79 Å². The fourth-order valence-corrected chi connectivity index (χ4v) is 4.54. The second-order valence-corrected chi connectivity index (χ2v) is 8.33. The fraction of sp³-hybridized carbons (Fsp3) is 0.455. The minimum atomic E-state index is 0.0312. The third-order valence-electron chi connectivity index (χ3n) is 5.31. The molecular formula is C22H27N3O2S. The van der Waals surface area contributed by atoms with Crippen LogP contribution in [0, 0.1) is 0 Å². The Morgan fingerprint density at radius 2 is 1.68 bits per heavy atom. The summed E-state index contributed by atoms with van der Waals surface area (Å²) < 4.78 is 5.38. The number of hydrogen-bond donors (Lipinski definition) is 0. The maximum atomic E-state index is 12.5. The molecule has 148 valence electrons. The molecule has 2 aliphatic rings. The normalized spacial score (nSPS) is 18.4. The summed E-state index contributed by atoms with van der Waals surface area (Å²) in [4.78, 5) is 22.7. The van der Waals surface area contributed by atoms with Gasteiger partial charge in [0.15, 0.2) is 10.9 Å². The number of ether oxygens (including phenoxy) is 1. The Morgan fingerprint density at radius 3 is 2.39 bits per heavy atom. The van der Waals surface area contributed by atoms with Gasteiger partial charge in [0.05, 0.1) is 13.2 Å². The van der Waals surface area contributed by atoms with Crippen LogP contribution in [0.25, 0.3) is 6.08 Å². The van der Waals surface area contributed by atoms with Crippen LogP contribution in [0.3, 0.4) is 0 Å². The van der Waals surface area contributed by atoms with Crippen molar-refractivity contribution in [2.24, 2.45) is 0 Å². The van der Waals surface area contributed by atoms with Crippen molar-refractivity contribution >= 4 is 34.0 Å². The molecule has 1 aromatic carbocycles. The molecule has 3 heterocycles. The van der Waals surface area contributed by atoms with Gasteiger partial charge in [-0.2, -0.15) is 0 Å². The molecule has 1 aromatic heterocycles. The van der Waals surface area contributed by atoms with Gasteiger partial charge in [-0.1, -0.05) is 24.2 Å². The Kier molecular flexibility index (Phi) is 6.39. The smallest absolute Gasteiger partial charge is 0.185 e. The predicted octanol–water partition coefficient (Wildman–Crippen LogP) is 4.26. The number of allylic oxidation sites excluding steroid dienone is 1. The van der Waals surface area contributed by atoms with Crippen molar-refractivity contribution in [3.05, 3.63) is 47.0 Å². The highest BCUT2D eigenvalue weighted by molar-refractivity contribution is 7.16. The molecule has 0 atom stereocenters. The Bertz CT molecular complexity index is 801. The summed E-state index contributed by atoms with van der Waals surface area (Å²) in [5, 5.41) is 0.997. The summed E-state index contributed by atoms with van der Waals surface area (Å²) in [7, 11) is 0. The molecule has 2 aromatic rings. The topological polar surface area (TPSA) is 45.7 Å². The first kappa shape index (κ1) is 19.2. The second kappa shape index (κ2) is 9.34. The van der Waals surface area contributed by atoms with Gasteiger partial charge in [0.2, 0.25) is 0 Å². The molecular weight excluding hydrogens is 370 g/mol. The highest BCUT2D eigenvalue weighted by Crippen LogP contribution is 2.25. The molecule has 0 radical (unpaired) electrons. The molecule has 0 aliphatic carbocycles. The number of rotatable bonds is 5. The quantitative estimate of drug-likeness (QED) is 0.557. The average Bonchev–Trinajstić information content (AvgIpc) is 3.06. The molecule has 0 bridgehead atoms. The van der Waals surface area contributed by atoms with E-state index < -0.39 is 0 Å².